The molecule has 1 aromatic carbocycles. The highest BCUT2D eigenvalue weighted by Gasteiger charge is 2.48. The molecule has 0 aliphatic carbocycles. The largest absolute Gasteiger partial charge is 0.475 e. The lowest BCUT2D eigenvalue weighted by Crippen LogP contribution is -2.34. The summed E-state index contributed by atoms with van der Waals surface area (Å²) in [5.41, 5.74) is 0.359. The van der Waals surface area contributed by atoms with Gasteiger partial charge in [0.1, 0.15) is 18.4 Å². The highest BCUT2D eigenvalue weighted by atomic mass is 31.2. The number of ether oxygens (including phenoxy) is 1. The summed E-state index contributed by atoms with van der Waals surface area (Å²) in [6.45, 7) is 3.86. The van der Waals surface area contributed by atoms with E-state index in [1.54, 1.807) is 0 Å². The molecular weight excluding hydrogens is 399 g/mol. The van der Waals surface area contributed by atoms with Gasteiger partial charge in [0.15, 0.2) is 0 Å². The van der Waals surface area contributed by atoms with Crippen LogP contribution in [0.2, 0.25) is 0 Å². The fraction of sp³-hybridized carbons (Fsp3) is 0.474. The van der Waals surface area contributed by atoms with Gasteiger partial charge < -0.3 is 4.74 Å². The van der Waals surface area contributed by atoms with E-state index in [0.717, 1.165) is 5.56 Å². The van der Waals surface area contributed by atoms with Crippen molar-refractivity contribution in [2.45, 2.75) is 51.2 Å². The summed E-state index contributed by atoms with van der Waals surface area (Å²) in [5.74, 6) is -0.0551. The van der Waals surface area contributed by atoms with Gasteiger partial charge in [-0.25, -0.2) is 9.36 Å². The Labute approximate surface area is 167 Å². The second-order valence-corrected chi connectivity index (χ2v) is 9.04. The third kappa shape index (κ3) is 4.29. The maximum atomic E-state index is 12.8. The molecule has 0 unspecified atom stereocenters. The topological polar surface area (TPSA) is 109 Å². The van der Waals surface area contributed by atoms with Crippen LogP contribution in [0.5, 0.6) is 0 Å². The van der Waals surface area contributed by atoms with Gasteiger partial charge in [0, 0.05) is 18.2 Å². The number of nitrogens with zero attached hydrogens (tertiary/aromatic N) is 1. The maximum Gasteiger partial charge on any atom is 0.475 e. The second kappa shape index (κ2) is 8.01. The number of fused-ring (bicyclic) bond motifs is 1. The summed E-state index contributed by atoms with van der Waals surface area (Å²) in [6, 6.07) is 9.29. The number of aromatic nitrogens is 2. The van der Waals surface area contributed by atoms with Crippen molar-refractivity contribution in [2.75, 3.05) is 6.61 Å². The van der Waals surface area contributed by atoms with Crippen LogP contribution in [0.4, 0.5) is 0 Å². The molecule has 1 aromatic heterocycles. The molecule has 4 rings (SSSR count). The lowest BCUT2D eigenvalue weighted by atomic mass is 10.1. The molecule has 2 aromatic rings. The Morgan fingerprint density at radius 1 is 1.24 bits per heavy atom. The van der Waals surface area contributed by atoms with Crippen LogP contribution in [-0.4, -0.2) is 28.4 Å². The minimum Gasteiger partial charge on any atom is -0.349 e. The van der Waals surface area contributed by atoms with Crippen LogP contribution in [0.3, 0.4) is 0 Å². The predicted molar refractivity (Wildman–Crippen MR) is 104 cm³/mol. The van der Waals surface area contributed by atoms with E-state index < -0.39 is 37.5 Å². The first-order valence-corrected chi connectivity index (χ1v) is 10.9. The molecule has 9 nitrogen and oxygen atoms in total. The minimum atomic E-state index is -3.74. The first-order chi connectivity index (χ1) is 13.8. The highest BCUT2D eigenvalue weighted by Crippen LogP contribution is 2.57. The first kappa shape index (κ1) is 20.3. The molecule has 2 fully saturated rings. The SMILES string of the molecule is CC(C)c1cn([C@H]2C[C@@H]3O[P@@](=O)(OCc4ccccc4)OC[C@H]3O2)c(=O)[nH]c1=O. The lowest BCUT2D eigenvalue weighted by Gasteiger charge is -2.29. The number of aromatic amines is 1. The summed E-state index contributed by atoms with van der Waals surface area (Å²) in [4.78, 5) is 26.6. The highest BCUT2D eigenvalue weighted by molar-refractivity contribution is 7.48. The lowest BCUT2D eigenvalue weighted by molar-refractivity contribution is -0.0730. The Kier molecular flexibility index (Phi) is 5.59. The Morgan fingerprint density at radius 2 is 2.00 bits per heavy atom. The number of hydrogen-bond donors (Lipinski definition) is 1. The van der Waals surface area contributed by atoms with Crippen molar-refractivity contribution in [3.63, 3.8) is 0 Å². The number of H-pyrrole nitrogens is 1. The molecule has 1 N–H and O–H groups in total. The molecule has 2 aliphatic heterocycles. The second-order valence-electron chi connectivity index (χ2n) is 7.42. The van der Waals surface area contributed by atoms with Gasteiger partial charge in [-0.2, -0.15) is 0 Å². The van der Waals surface area contributed by atoms with Crippen LogP contribution in [0.15, 0.2) is 46.1 Å². The smallest absolute Gasteiger partial charge is 0.349 e. The molecular formula is C19H23N2O7P. The average molecular weight is 422 g/mol. The van der Waals surface area contributed by atoms with E-state index in [1.807, 2.05) is 44.2 Å². The minimum absolute atomic E-state index is 0.0301. The molecule has 2 aliphatic rings. The maximum absolute atomic E-state index is 12.8. The molecule has 4 atom stereocenters. The van der Waals surface area contributed by atoms with Crippen molar-refractivity contribution >= 4 is 7.82 Å². The van der Waals surface area contributed by atoms with E-state index in [9.17, 15) is 14.2 Å². The molecule has 156 valence electrons. The molecule has 0 saturated carbocycles. The van der Waals surface area contributed by atoms with Crippen LogP contribution in [0.25, 0.3) is 0 Å². The fourth-order valence-electron chi connectivity index (χ4n) is 3.41. The van der Waals surface area contributed by atoms with Crippen LogP contribution in [0.1, 0.15) is 43.5 Å². The van der Waals surface area contributed by atoms with Gasteiger partial charge in [0.25, 0.3) is 5.56 Å². The van der Waals surface area contributed by atoms with Crippen molar-refractivity contribution in [3.8, 4) is 0 Å². The van der Waals surface area contributed by atoms with E-state index in [4.69, 9.17) is 18.3 Å². The molecule has 0 amide bonds. The van der Waals surface area contributed by atoms with Crippen LogP contribution < -0.4 is 11.2 Å². The van der Waals surface area contributed by atoms with Gasteiger partial charge in [-0.15, -0.1) is 0 Å². The van der Waals surface area contributed by atoms with Gasteiger partial charge in [-0.3, -0.25) is 27.9 Å². The standard InChI is InChI=1S/C19H23N2O7P/c1-12(2)14-9-21(19(23)20-18(14)22)17-8-15-16(27-17)11-26-29(24,28-15)25-10-13-6-4-3-5-7-13/h3-7,9,12,15-17H,8,10-11H2,1-2H3,(H,20,22,23)/t15-,16+,17+,29-/m0/s1. The molecule has 0 bridgehead atoms. The summed E-state index contributed by atoms with van der Waals surface area (Å²) < 4.78 is 36.4. The van der Waals surface area contributed by atoms with Crippen LogP contribution >= 0.6 is 7.82 Å². The number of hydrogen-bond acceptors (Lipinski definition) is 7. The van der Waals surface area contributed by atoms with Crippen molar-refractivity contribution in [1.82, 2.24) is 9.55 Å². The quantitative estimate of drug-likeness (QED) is 0.738. The first-order valence-electron chi connectivity index (χ1n) is 9.47. The Balaban J connectivity index is 1.47. The van der Waals surface area contributed by atoms with Gasteiger partial charge in [0.2, 0.25) is 0 Å². The number of phosphoric acid groups is 1. The number of phosphoric ester groups is 1. The van der Waals surface area contributed by atoms with Gasteiger partial charge in [-0.1, -0.05) is 44.2 Å². The Hall–Kier alpha value is -2.03. The average Bonchev–Trinajstić information content (AvgIpc) is 3.09. The summed E-state index contributed by atoms with van der Waals surface area (Å²) >= 11 is 0. The zero-order chi connectivity index (χ0) is 20.6. The monoisotopic (exact) mass is 422 g/mol. The van der Waals surface area contributed by atoms with E-state index in [-0.39, 0.29) is 25.6 Å². The summed E-state index contributed by atoms with van der Waals surface area (Å²) in [5, 5.41) is 0. The summed E-state index contributed by atoms with van der Waals surface area (Å²) in [7, 11) is -3.74. The van der Waals surface area contributed by atoms with Gasteiger partial charge >= 0.3 is 13.5 Å². The van der Waals surface area contributed by atoms with E-state index in [1.165, 1.54) is 10.8 Å². The molecule has 29 heavy (non-hydrogen) atoms. The Bertz CT molecular complexity index is 1030. The molecule has 10 heteroatoms. The molecule has 3 heterocycles. The molecule has 0 radical (unpaired) electrons. The van der Waals surface area contributed by atoms with Gasteiger partial charge in [-0.05, 0) is 11.5 Å². The molecule has 0 spiro atoms. The van der Waals surface area contributed by atoms with Gasteiger partial charge in [0.05, 0.1) is 13.2 Å². The third-order valence-electron chi connectivity index (χ3n) is 5.00. The number of benzene rings is 1. The Morgan fingerprint density at radius 3 is 2.72 bits per heavy atom. The molecule has 2 saturated heterocycles. The normalized spacial score (nSPS) is 29.1. The zero-order valence-electron chi connectivity index (χ0n) is 16.1. The number of rotatable bonds is 5. The summed E-state index contributed by atoms with van der Waals surface area (Å²) in [6.07, 6.45) is 0.118. The fourth-order valence-corrected chi connectivity index (χ4v) is 4.80. The van der Waals surface area contributed by atoms with Crippen molar-refractivity contribution in [2.24, 2.45) is 0 Å². The van der Waals surface area contributed by atoms with Crippen molar-refractivity contribution in [3.05, 3.63) is 68.5 Å². The number of nitrogens with one attached hydrogen (secondary N) is 1. The van der Waals surface area contributed by atoms with E-state index >= 15 is 0 Å². The van der Waals surface area contributed by atoms with Crippen molar-refractivity contribution in [1.29, 1.82) is 0 Å². The van der Waals surface area contributed by atoms with Crippen LogP contribution in [0, 0.1) is 0 Å². The zero-order valence-corrected chi connectivity index (χ0v) is 17.0. The van der Waals surface area contributed by atoms with Crippen molar-refractivity contribution < 1.29 is 22.9 Å². The third-order valence-corrected chi connectivity index (χ3v) is 6.44. The predicted octanol–water partition coefficient (Wildman–Crippen LogP) is 2.69. The van der Waals surface area contributed by atoms with E-state index in [2.05, 4.69) is 4.98 Å². The van der Waals surface area contributed by atoms with E-state index in [0.29, 0.717) is 5.56 Å². The van der Waals surface area contributed by atoms with Crippen LogP contribution in [-0.2, 0) is 29.5 Å².